The molecule has 0 aliphatic carbocycles. The zero-order valence-electron chi connectivity index (χ0n) is 13.9. The Balaban J connectivity index is 2.06. The van der Waals surface area contributed by atoms with E-state index >= 15 is 0 Å². The van der Waals surface area contributed by atoms with Crippen LogP contribution >= 0.6 is 15.9 Å². The SMILES string of the molecule is CS(=O)(=O)CCCCCc1nonc1C(=Nc1ccc(F)c(Br)c1)NO. The van der Waals surface area contributed by atoms with Gasteiger partial charge in [0.2, 0.25) is 0 Å². The van der Waals surface area contributed by atoms with Crippen LogP contribution in [-0.2, 0) is 16.3 Å². The number of benzene rings is 1. The van der Waals surface area contributed by atoms with Crippen molar-refractivity contribution in [1.82, 2.24) is 15.8 Å². The van der Waals surface area contributed by atoms with E-state index in [1.807, 2.05) is 5.48 Å². The summed E-state index contributed by atoms with van der Waals surface area (Å²) in [6.45, 7) is 0. The van der Waals surface area contributed by atoms with Crippen LogP contribution in [0.3, 0.4) is 0 Å². The maximum atomic E-state index is 13.3. The molecule has 8 nitrogen and oxygen atoms in total. The van der Waals surface area contributed by atoms with Gasteiger partial charge in [0, 0.05) is 12.0 Å². The molecular weight excluding hydrogens is 431 g/mol. The first kappa shape index (κ1) is 20.5. The molecule has 2 rings (SSSR count). The number of aryl methyl sites for hydroxylation is 1. The smallest absolute Gasteiger partial charge is 0.181 e. The fourth-order valence-electron chi connectivity index (χ4n) is 2.20. The largest absolute Gasteiger partial charge is 0.290 e. The minimum Gasteiger partial charge on any atom is -0.290 e. The number of sulfone groups is 1. The predicted molar refractivity (Wildman–Crippen MR) is 96.8 cm³/mol. The van der Waals surface area contributed by atoms with Gasteiger partial charge < -0.3 is 0 Å². The fourth-order valence-corrected chi connectivity index (χ4v) is 3.29. The number of hydrogen-bond acceptors (Lipinski definition) is 7. The van der Waals surface area contributed by atoms with Crippen LogP contribution in [-0.4, -0.2) is 41.8 Å². The van der Waals surface area contributed by atoms with Crippen molar-refractivity contribution in [2.75, 3.05) is 12.0 Å². The summed E-state index contributed by atoms with van der Waals surface area (Å²) in [5, 5.41) is 16.9. The summed E-state index contributed by atoms with van der Waals surface area (Å²) in [5.74, 6) is -0.280. The molecule has 26 heavy (non-hydrogen) atoms. The third-order valence-electron chi connectivity index (χ3n) is 3.46. The van der Waals surface area contributed by atoms with Crippen molar-refractivity contribution >= 4 is 37.3 Å². The number of aliphatic imine (C=N–C) groups is 1. The minimum atomic E-state index is -2.96. The lowest BCUT2D eigenvalue weighted by Crippen LogP contribution is -2.22. The number of hydroxylamine groups is 1. The van der Waals surface area contributed by atoms with E-state index in [2.05, 4.69) is 31.2 Å². The maximum absolute atomic E-state index is 13.3. The minimum absolute atomic E-state index is 0.0101. The number of unbranched alkanes of at least 4 members (excludes halogenated alkanes) is 2. The average Bonchev–Trinajstić information content (AvgIpc) is 3.03. The van der Waals surface area contributed by atoms with Crippen LogP contribution in [0.4, 0.5) is 10.1 Å². The van der Waals surface area contributed by atoms with Gasteiger partial charge in [0.05, 0.1) is 10.2 Å². The first-order chi connectivity index (χ1) is 12.3. The van der Waals surface area contributed by atoms with E-state index in [-0.39, 0.29) is 21.8 Å². The Bertz CT molecular complexity index is 886. The molecule has 0 fully saturated rings. The van der Waals surface area contributed by atoms with Gasteiger partial charge in [0.25, 0.3) is 0 Å². The molecule has 0 spiro atoms. The summed E-state index contributed by atoms with van der Waals surface area (Å²) in [4.78, 5) is 4.18. The average molecular weight is 449 g/mol. The molecule has 0 amide bonds. The number of halogens is 2. The van der Waals surface area contributed by atoms with Crippen molar-refractivity contribution in [3.63, 3.8) is 0 Å². The number of nitrogens with zero attached hydrogens (tertiary/aromatic N) is 3. The van der Waals surface area contributed by atoms with Gasteiger partial charge in [0.15, 0.2) is 11.5 Å². The second-order valence-corrected chi connectivity index (χ2v) is 8.78. The Hall–Kier alpha value is -1.85. The second kappa shape index (κ2) is 9.19. The van der Waals surface area contributed by atoms with E-state index in [1.54, 1.807) is 0 Å². The molecule has 0 atom stereocenters. The lowest BCUT2D eigenvalue weighted by atomic mass is 10.1. The molecule has 0 aliphatic rings. The topological polar surface area (TPSA) is 118 Å². The molecule has 0 aliphatic heterocycles. The van der Waals surface area contributed by atoms with E-state index in [0.29, 0.717) is 37.1 Å². The quantitative estimate of drug-likeness (QED) is 0.275. The summed E-state index contributed by atoms with van der Waals surface area (Å²) in [5.41, 5.74) is 3.04. The highest BCUT2D eigenvalue weighted by Gasteiger charge is 2.16. The fraction of sp³-hybridized carbons (Fsp3) is 0.400. The maximum Gasteiger partial charge on any atom is 0.181 e. The second-order valence-electron chi connectivity index (χ2n) is 5.67. The lowest BCUT2D eigenvalue weighted by molar-refractivity contribution is 0.234. The standard InChI is InChI=1S/C15H18BrFN4O4S/c1-26(23,24)8-4-2-3-5-13-14(21-25-20-13)15(19-22)18-10-6-7-12(17)11(16)9-10/h6-7,9,22H,2-5,8H2,1H3,(H,18,19). The van der Waals surface area contributed by atoms with Crippen molar-refractivity contribution in [3.8, 4) is 0 Å². The van der Waals surface area contributed by atoms with E-state index in [1.165, 1.54) is 24.5 Å². The molecule has 0 bridgehead atoms. The van der Waals surface area contributed by atoms with E-state index in [0.717, 1.165) is 0 Å². The summed E-state index contributed by atoms with van der Waals surface area (Å²) < 4.78 is 40.5. The number of amidine groups is 1. The monoisotopic (exact) mass is 448 g/mol. The van der Waals surface area contributed by atoms with E-state index < -0.39 is 15.7 Å². The van der Waals surface area contributed by atoms with Crippen LogP contribution in [0, 0.1) is 5.82 Å². The number of hydrogen-bond donors (Lipinski definition) is 2. The first-order valence-electron chi connectivity index (χ1n) is 7.73. The summed E-state index contributed by atoms with van der Waals surface area (Å²) in [6, 6.07) is 4.13. The van der Waals surface area contributed by atoms with Crippen LogP contribution in [0.25, 0.3) is 0 Å². The lowest BCUT2D eigenvalue weighted by Gasteiger charge is -2.04. The molecule has 1 aromatic heterocycles. The van der Waals surface area contributed by atoms with Gasteiger partial charge in [-0.25, -0.2) is 22.4 Å². The van der Waals surface area contributed by atoms with Gasteiger partial charge in [-0.15, -0.1) is 0 Å². The van der Waals surface area contributed by atoms with Crippen molar-refractivity contribution in [2.24, 2.45) is 4.99 Å². The van der Waals surface area contributed by atoms with Crippen molar-refractivity contribution in [3.05, 3.63) is 39.9 Å². The van der Waals surface area contributed by atoms with Crippen LogP contribution < -0.4 is 5.48 Å². The summed E-state index contributed by atoms with van der Waals surface area (Å²) in [6.07, 6.45) is 3.62. The molecule has 0 saturated heterocycles. The molecule has 11 heteroatoms. The zero-order chi connectivity index (χ0) is 19.2. The van der Waals surface area contributed by atoms with Gasteiger partial charge >= 0.3 is 0 Å². The molecule has 1 heterocycles. The highest BCUT2D eigenvalue weighted by Crippen LogP contribution is 2.23. The highest BCUT2D eigenvalue weighted by molar-refractivity contribution is 9.10. The zero-order valence-corrected chi connectivity index (χ0v) is 16.3. The third kappa shape index (κ3) is 6.15. The molecule has 0 unspecified atom stereocenters. The van der Waals surface area contributed by atoms with Crippen LogP contribution in [0.1, 0.15) is 30.7 Å². The number of rotatable bonds is 8. The van der Waals surface area contributed by atoms with Crippen molar-refractivity contribution in [1.29, 1.82) is 0 Å². The normalized spacial score (nSPS) is 12.4. The number of aromatic nitrogens is 2. The predicted octanol–water partition coefficient (Wildman–Crippen LogP) is 2.79. The van der Waals surface area contributed by atoms with Crippen LogP contribution in [0.2, 0.25) is 0 Å². The van der Waals surface area contributed by atoms with Crippen molar-refractivity contribution in [2.45, 2.75) is 25.7 Å². The third-order valence-corrected chi connectivity index (χ3v) is 5.10. The van der Waals surface area contributed by atoms with Gasteiger partial charge in [-0.05, 0) is 58.5 Å². The molecule has 2 aromatic rings. The summed E-state index contributed by atoms with van der Waals surface area (Å²) >= 11 is 3.07. The molecule has 1 aromatic carbocycles. The molecular formula is C15H18BrFN4O4S. The Kier molecular flexibility index (Phi) is 7.23. The Morgan fingerprint density at radius 2 is 2.12 bits per heavy atom. The Labute approximate surface area is 158 Å². The van der Waals surface area contributed by atoms with E-state index in [4.69, 9.17) is 4.63 Å². The van der Waals surface area contributed by atoms with Crippen LogP contribution in [0.5, 0.6) is 0 Å². The van der Waals surface area contributed by atoms with Gasteiger partial charge in [-0.2, -0.15) is 0 Å². The first-order valence-corrected chi connectivity index (χ1v) is 10.6. The molecule has 0 saturated carbocycles. The van der Waals surface area contributed by atoms with E-state index in [9.17, 15) is 18.0 Å². The summed E-state index contributed by atoms with van der Waals surface area (Å²) in [7, 11) is -2.96. The van der Waals surface area contributed by atoms with Gasteiger partial charge in [-0.3, -0.25) is 10.7 Å². The Morgan fingerprint density at radius 1 is 1.35 bits per heavy atom. The molecule has 0 radical (unpaired) electrons. The van der Waals surface area contributed by atoms with Gasteiger partial charge in [-0.1, -0.05) is 11.6 Å². The molecule has 2 N–H and O–H groups in total. The van der Waals surface area contributed by atoms with Crippen LogP contribution in [0.15, 0.2) is 32.3 Å². The van der Waals surface area contributed by atoms with Gasteiger partial charge in [0.1, 0.15) is 21.3 Å². The Morgan fingerprint density at radius 3 is 2.77 bits per heavy atom. The highest BCUT2D eigenvalue weighted by atomic mass is 79.9. The number of nitrogens with one attached hydrogen (secondary N) is 1. The van der Waals surface area contributed by atoms with Crippen molar-refractivity contribution < 1.29 is 22.6 Å². The molecule has 142 valence electrons.